The summed E-state index contributed by atoms with van der Waals surface area (Å²) in [4.78, 5) is 4.40. The highest BCUT2D eigenvalue weighted by Gasteiger charge is 2.06. The maximum absolute atomic E-state index is 6.00. The van der Waals surface area contributed by atoms with Gasteiger partial charge in [0.1, 0.15) is 18.1 Å². The number of aliphatic imine (C=N–C) groups is 1. The summed E-state index contributed by atoms with van der Waals surface area (Å²) in [7, 11) is 3.26. The van der Waals surface area contributed by atoms with E-state index in [1.54, 1.807) is 14.2 Å². The zero-order valence-electron chi connectivity index (χ0n) is 15.3. The minimum atomic E-state index is 0. The maximum atomic E-state index is 6.00. The first-order valence-corrected chi connectivity index (χ1v) is 8.05. The van der Waals surface area contributed by atoms with Crippen molar-refractivity contribution >= 4 is 35.6 Å². The van der Waals surface area contributed by atoms with E-state index < -0.39 is 0 Å². The van der Waals surface area contributed by atoms with Crippen LogP contribution >= 0.6 is 24.0 Å². The van der Waals surface area contributed by atoms with Crippen LogP contribution in [-0.4, -0.2) is 33.4 Å². The molecule has 0 fully saturated rings. The Morgan fingerprint density at radius 3 is 2.58 bits per heavy atom. The predicted molar refractivity (Wildman–Crippen MR) is 116 cm³/mol. The summed E-state index contributed by atoms with van der Waals surface area (Å²) in [5, 5.41) is 3.06. The van der Waals surface area contributed by atoms with E-state index in [1.807, 2.05) is 49.4 Å². The van der Waals surface area contributed by atoms with Crippen LogP contribution in [0.1, 0.15) is 11.1 Å². The molecule has 0 saturated heterocycles. The lowest BCUT2D eigenvalue weighted by molar-refractivity contribution is 0.146. The molecule has 3 N–H and O–H groups in total. The monoisotopic (exact) mass is 471 g/mol. The van der Waals surface area contributed by atoms with Crippen molar-refractivity contribution in [1.82, 2.24) is 0 Å². The van der Waals surface area contributed by atoms with Crippen LogP contribution in [0.25, 0.3) is 0 Å². The first kappa shape index (κ1) is 22.0. The molecule has 2 rings (SSSR count). The highest BCUT2D eigenvalue weighted by Crippen LogP contribution is 2.23. The zero-order valence-corrected chi connectivity index (χ0v) is 17.7. The number of methoxy groups -OCH3 is 2. The van der Waals surface area contributed by atoms with Crippen molar-refractivity contribution in [3.8, 4) is 11.5 Å². The molecule has 0 atom stereocenters. The number of hydrogen-bond donors (Lipinski definition) is 2. The average Bonchev–Trinajstić information content (AvgIpc) is 2.61. The van der Waals surface area contributed by atoms with Gasteiger partial charge in [-0.05, 0) is 30.7 Å². The highest BCUT2D eigenvalue weighted by atomic mass is 127. The summed E-state index contributed by atoms with van der Waals surface area (Å²) in [5.41, 5.74) is 8.86. The van der Waals surface area contributed by atoms with Gasteiger partial charge in [-0.1, -0.05) is 24.3 Å². The molecule has 142 valence electrons. The van der Waals surface area contributed by atoms with Gasteiger partial charge in [0.05, 0.1) is 25.9 Å². The Balaban J connectivity index is 0.00000338. The zero-order chi connectivity index (χ0) is 18.1. The predicted octanol–water partition coefficient (Wildman–Crippen LogP) is 3.57. The molecule has 6 nitrogen and oxygen atoms in total. The molecule has 0 spiro atoms. The first-order chi connectivity index (χ1) is 12.1. The number of nitrogens with one attached hydrogen (secondary N) is 1. The van der Waals surface area contributed by atoms with Gasteiger partial charge in [0.15, 0.2) is 5.96 Å². The van der Waals surface area contributed by atoms with Crippen LogP contribution in [0, 0.1) is 6.92 Å². The molecule has 26 heavy (non-hydrogen) atoms. The molecule has 0 bridgehead atoms. The van der Waals surface area contributed by atoms with Crippen molar-refractivity contribution in [3.05, 3.63) is 53.6 Å². The van der Waals surface area contributed by atoms with Gasteiger partial charge >= 0.3 is 0 Å². The van der Waals surface area contributed by atoms with Crippen molar-refractivity contribution < 1.29 is 14.2 Å². The third-order valence-corrected chi connectivity index (χ3v) is 3.56. The van der Waals surface area contributed by atoms with E-state index in [-0.39, 0.29) is 24.0 Å². The van der Waals surface area contributed by atoms with Gasteiger partial charge in [0, 0.05) is 12.7 Å². The van der Waals surface area contributed by atoms with Crippen molar-refractivity contribution in [1.29, 1.82) is 0 Å². The summed E-state index contributed by atoms with van der Waals surface area (Å²) in [6.45, 7) is 3.46. The van der Waals surface area contributed by atoms with Crippen LogP contribution in [0.2, 0.25) is 0 Å². The van der Waals surface area contributed by atoms with Gasteiger partial charge in [-0.15, -0.1) is 24.0 Å². The van der Waals surface area contributed by atoms with E-state index in [2.05, 4.69) is 10.3 Å². The third kappa shape index (κ3) is 6.72. The molecular formula is C19H26IN3O3. The lowest BCUT2D eigenvalue weighted by atomic mass is 10.1. The van der Waals surface area contributed by atoms with Crippen LogP contribution in [-0.2, 0) is 11.3 Å². The highest BCUT2D eigenvalue weighted by molar-refractivity contribution is 14.0. The molecular weight excluding hydrogens is 445 g/mol. The number of benzene rings is 2. The number of anilines is 1. The number of rotatable bonds is 8. The van der Waals surface area contributed by atoms with Gasteiger partial charge in [-0.3, -0.25) is 0 Å². The molecule has 0 aromatic heterocycles. The Hall–Kier alpha value is -2.00. The summed E-state index contributed by atoms with van der Waals surface area (Å²) in [6, 6.07) is 13.6. The van der Waals surface area contributed by atoms with Gasteiger partial charge in [0.25, 0.3) is 0 Å². The van der Waals surface area contributed by atoms with E-state index in [0.29, 0.717) is 31.5 Å². The van der Waals surface area contributed by atoms with Crippen LogP contribution < -0.4 is 20.5 Å². The van der Waals surface area contributed by atoms with Crippen molar-refractivity contribution in [2.45, 2.75) is 13.5 Å². The fraction of sp³-hybridized carbons (Fsp3) is 0.316. The number of hydrogen-bond acceptors (Lipinski definition) is 4. The molecule has 0 unspecified atom stereocenters. The smallest absolute Gasteiger partial charge is 0.193 e. The average molecular weight is 471 g/mol. The Morgan fingerprint density at radius 2 is 1.85 bits per heavy atom. The lowest BCUT2D eigenvalue weighted by Crippen LogP contribution is -2.23. The molecule has 0 aliphatic rings. The molecule has 2 aromatic carbocycles. The fourth-order valence-corrected chi connectivity index (χ4v) is 2.26. The fourth-order valence-electron chi connectivity index (χ4n) is 2.26. The number of halogens is 1. The number of aryl methyl sites for hydroxylation is 1. The van der Waals surface area contributed by atoms with Crippen LogP contribution in [0.15, 0.2) is 47.5 Å². The van der Waals surface area contributed by atoms with E-state index in [1.165, 1.54) is 0 Å². The number of nitrogens with two attached hydrogens (primary N) is 1. The second-order valence-electron chi connectivity index (χ2n) is 5.48. The van der Waals surface area contributed by atoms with Crippen LogP contribution in [0.4, 0.5) is 5.69 Å². The molecule has 0 amide bonds. The van der Waals surface area contributed by atoms with Gasteiger partial charge in [-0.2, -0.15) is 0 Å². The summed E-state index contributed by atoms with van der Waals surface area (Å²) in [5.74, 6) is 1.82. The Kier molecular flexibility index (Phi) is 9.82. The van der Waals surface area contributed by atoms with E-state index >= 15 is 0 Å². The number of ether oxygens (including phenoxy) is 3. The minimum Gasteiger partial charge on any atom is -0.495 e. The van der Waals surface area contributed by atoms with E-state index in [0.717, 1.165) is 22.6 Å². The molecule has 0 heterocycles. The second kappa shape index (κ2) is 11.6. The normalized spacial score (nSPS) is 10.8. The minimum absolute atomic E-state index is 0. The van der Waals surface area contributed by atoms with Crippen LogP contribution in [0.3, 0.4) is 0 Å². The van der Waals surface area contributed by atoms with Gasteiger partial charge in [0.2, 0.25) is 0 Å². The summed E-state index contributed by atoms with van der Waals surface area (Å²) >= 11 is 0. The first-order valence-electron chi connectivity index (χ1n) is 8.05. The standard InChI is InChI=1S/C19H25N3O3.HI/c1-14-8-9-15(18(12-14)25-11-10-23-2)13-21-19(20)22-16-6-4-5-7-17(16)24-3;/h4-9,12H,10-11,13H2,1-3H3,(H3,20,21,22);1H. The van der Waals surface area contributed by atoms with Crippen LogP contribution in [0.5, 0.6) is 11.5 Å². The second-order valence-corrected chi connectivity index (χ2v) is 5.48. The van der Waals surface area contributed by atoms with Gasteiger partial charge < -0.3 is 25.3 Å². The van der Waals surface area contributed by atoms with Crippen molar-refractivity contribution in [3.63, 3.8) is 0 Å². The SMILES string of the molecule is COCCOc1cc(C)ccc1CN=C(N)Nc1ccccc1OC.I. The number of guanidine groups is 1. The quantitative estimate of drug-likeness (QED) is 0.267. The Bertz CT molecular complexity index is 723. The van der Waals surface area contributed by atoms with Crippen molar-refractivity contribution in [2.24, 2.45) is 10.7 Å². The van der Waals surface area contributed by atoms with Gasteiger partial charge in [-0.25, -0.2) is 4.99 Å². The van der Waals surface area contributed by atoms with E-state index in [9.17, 15) is 0 Å². The number of para-hydroxylation sites is 2. The largest absolute Gasteiger partial charge is 0.495 e. The summed E-state index contributed by atoms with van der Waals surface area (Å²) < 4.78 is 16.1. The number of nitrogens with zero attached hydrogens (tertiary/aromatic N) is 1. The lowest BCUT2D eigenvalue weighted by Gasteiger charge is -2.12. The molecule has 0 radical (unpaired) electrons. The molecule has 7 heteroatoms. The van der Waals surface area contributed by atoms with E-state index in [4.69, 9.17) is 19.9 Å². The molecule has 0 saturated carbocycles. The molecule has 2 aromatic rings. The van der Waals surface area contributed by atoms with Crippen molar-refractivity contribution in [2.75, 3.05) is 32.8 Å². The topological polar surface area (TPSA) is 78.1 Å². The Labute approximate surface area is 171 Å². The Morgan fingerprint density at radius 1 is 1.08 bits per heavy atom. The summed E-state index contributed by atoms with van der Waals surface area (Å²) in [6.07, 6.45) is 0. The molecule has 0 aliphatic carbocycles. The molecule has 0 aliphatic heterocycles. The maximum Gasteiger partial charge on any atom is 0.193 e. The third-order valence-electron chi connectivity index (χ3n) is 3.56.